The van der Waals surface area contributed by atoms with E-state index in [4.69, 9.17) is 4.74 Å². The van der Waals surface area contributed by atoms with E-state index in [-0.39, 0.29) is 12.6 Å². The monoisotopic (exact) mass is 459 g/mol. The molecule has 4 rings (SSSR count). The highest BCUT2D eigenvalue weighted by Crippen LogP contribution is 2.29. The molecule has 1 saturated heterocycles. The Bertz CT molecular complexity index is 1070. The van der Waals surface area contributed by atoms with Crippen molar-refractivity contribution >= 4 is 16.7 Å². The van der Waals surface area contributed by atoms with Gasteiger partial charge in [-0.05, 0) is 30.8 Å². The first-order valence-corrected chi connectivity index (χ1v) is 11.1. The van der Waals surface area contributed by atoms with Crippen LogP contribution in [0, 0.1) is 0 Å². The summed E-state index contributed by atoms with van der Waals surface area (Å²) in [4.78, 5) is 13.7. The molecular weight excluding hydrogens is 431 g/mol. The number of aromatic nitrogens is 2. The average molecular weight is 460 g/mol. The summed E-state index contributed by atoms with van der Waals surface area (Å²) in [6.45, 7) is 6.08. The first-order chi connectivity index (χ1) is 15.9. The molecule has 1 N–H and O–H groups in total. The molecule has 1 fully saturated rings. The number of hydrogen-bond acceptors (Lipinski definition) is 6. The van der Waals surface area contributed by atoms with Crippen LogP contribution in [-0.4, -0.2) is 72.7 Å². The predicted octanol–water partition coefficient (Wildman–Crippen LogP) is 3.93. The molecule has 2 heterocycles. The van der Waals surface area contributed by atoms with Crippen LogP contribution in [0.25, 0.3) is 10.9 Å². The third kappa shape index (κ3) is 6.33. The van der Waals surface area contributed by atoms with Gasteiger partial charge in [0, 0.05) is 51.1 Å². The van der Waals surface area contributed by atoms with Crippen molar-refractivity contribution in [3.05, 3.63) is 59.7 Å². The topological polar surface area (TPSA) is 53.5 Å². The fourth-order valence-electron chi connectivity index (χ4n) is 3.82. The number of nitrogens with zero attached hydrogens (tertiary/aromatic N) is 4. The molecule has 3 aromatic rings. The first kappa shape index (κ1) is 23.3. The largest absolute Gasteiger partial charge is 0.463 e. The van der Waals surface area contributed by atoms with Crippen LogP contribution in [0.4, 0.5) is 19.0 Å². The lowest BCUT2D eigenvalue weighted by molar-refractivity contribution is -0.137. The van der Waals surface area contributed by atoms with Crippen LogP contribution in [0.5, 0.6) is 6.01 Å². The normalized spacial score (nSPS) is 15.6. The fourth-order valence-corrected chi connectivity index (χ4v) is 3.82. The highest BCUT2D eigenvalue weighted by molar-refractivity contribution is 5.89. The Morgan fingerprint density at radius 2 is 1.79 bits per heavy atom. The molecule has 176 valence electrons. The summed E-state index contributed by atoms with van der Waals surface area (Å²) in [6, 6.07) is 13.2. The van der Waals surface area contributed by atoms with Crippen LogP contribution < -0.4 is 10.1 Å². The van der Waals surface area contributed by atoms with Crippen LogP contribution in [-0.2, 0) is 12.6 Å². The van der Waals surface area contributed by atoms with Gasteiger partial charge in [0.15, 0.2) is 0 Å². The van der Waals surface area contributed by atoms with Crippen LogP contribution in [0.1, 0.15) is 11.1 Å². The van der Waals surface area contributed by atoms with Gasteiger partial charge in [-0.2, -0.15) is 23.1 Å². The summed E-state index contributed by atoms with van der Waals surface area (Å²) in [5.74, 6) is 0.698. The lowest BCUT2D eigenvalue weighted by Crippen LogP contribution is -2.45. The Hall–Kier alpha value is -2.91. The summed E-state index contributed by atoms with van der Waals surface area (Å²) in [6.07, 6.45) is -4.03. The number of ether oxygens (including phenoxy) is 1. The van der Waals surface area contributed by atoms with E-state index in [1.807, 2.05) is 24.3 Å². The second-order valence-electron chi connectivity index (χ2n) is 8.24. The number of para-hydroxylation sites is 1. The molecule has 6 nitrogen and oxygen atoms in total. The van der Waals surface area contributed by atoms with E-state index in [2.05, 4.69) is 32.1 Å². The number of hydrogen-bond donors (Lipinski definition) is 1. The molecule has 1 aromatic heterocycles. The highest BCUT2D eigenvalue weighted by Gasteiger charge is 2.30. The van der Waals surface area contributed by atoms with E-state index in [1.165, 1.54) is 6.07 Å². The Morgan fingerprint density at radius 3 is 2.58 bits per heavy atom. The molecule has 0 saturated carbocycles. The first-order valence-electron chi connectivity index (χ1n) is 11.1. The number of anilines is 1. The van der Waals surface area contributed by atoms with Crippen molar-refractivity contribution < 1.29 is 17.9 Å². The molecule has 0 radical (unpaired) electrons. The van der Waals surface area contributed by atoms with Crippen LogP contribution in [0.3, 0.4) is 0 Å². The van der Waals surface area contributed by atoms with E-state index < -0.39 is 11.7 Å². The van der Waals surface area contributed by atoms with Gasteiger partial charge in [-0.1, -0.05) is 30.3 Å². The Kier molecular flexibility index (Phi) is 7.29. The average Bonchev–Trinajstić information content (AvgIpc) is 2.80. The zero-order valence-electron chi connectivity index (χ0n) is 18.6. The zero-order valence-corrected chi connectivity index (χ0v) is 18.6. The maximum absolute atomic E-state index is 12.9. The number of nitrogens with one attached hydrogen (secondary N) is 1. The van der Waals surface area contributed by atoms with Crippen molar-refractivity contribution in [2.75, 3.05) is 58.2 Å². The van der Waals surface area contributed by atoms with Gasteiger partial charge >= 0.3 is 12.2 Å². The number of halogens is 3. The maximum Gasteiger partial charge on any atom is 0.416 e. The van der Waals surface area contributed by atoms with Crippen LogP contribution >= 0.6 is 0 Å². The van der Waals surface area contributed by atoms with E-state index in [9.17, 15) is 13.2 Å². The quantitative estimate of drug-likeness (QED) is 0.551. The fraction of sp³-hybridized carbons (Fsp3) is 0.417. The molecule has 0 spiro atoms. The number of benzene rings is 2. The molecule has 0 amide bonds. The van der Waals surface area contributed by atoms with Gasteiger partial charge < -0.3 is 15.0 Å². The van der Waals surface area contributed by atoms with Crippen molar-refractivity contribution in [1.29, 1.82) is 0 Å². The molecule has 1 aliphatic rings. The molecule has 0 unspecified atom stereocenters. The Balaban J connectivity index is 1.39. The minimum atomic E-state index is -4.36. The number of likely N-dealkylation sites (N-methyl/N-ethyl adjacent to an activating group) is 1. The van der Waals surface area contributed by atoms with Gasteiger partial charge in [0.05, 0.1) is 17.7 Å². The summed E-state index contributed by atoms with van der Waals surface area (Å²) in [5.41, 5.74) is 0.647. The van der Waals surface area contributed by atoms with Crippen molar-refractivity contribution in [3.63, 3.8) is 0 Å². The van der Waals surface area contributed by atoms with Gasteiger partial charge in [-0.3, -0.25) is 4.90 Å². The standard InChI is InChI=1S/C24H28F3N5O/c1-31-12-14-32(15-13-31)11-10-28-22-20-7-2-3-8-21(20)29-23(30-22)33-16-9-18-5-4-6-19(17-18)24(25,26)27/h2-8,17H,9-16H2,1H3,(H,28,29,30). The van der Waals surface area contributed by atoms with Gasteiger partial charge in [0.25, 0.3) is 0 Å². The number of rotatable bonds is 8. The number of fused-ring (bicyclic) bond motifs is 1. The van der Waals surface area contributed by atoms with E-state index in [0.29, 0.717) is 17.8 Å². The molecule has 0 bridgehead atoms. The molecule has 33 heavy (non-hydrogen) atoms. The molecule has 9 heteroatoms. The Morgan fingerprint density at radius 1 is 1.00 bits per heavy atom. The minimum Gasteiger partial charge on any atom is -0.463 e. The van der Waals surface area contributed by atoms with Crippen LogP contribution in [0.2, 0.25) is 0 Å². The lowest BCUT2D eigenvalue weighted by Gasteiger charge is -2.32. The number of alkyl halides is 3. The van der Waals surface area contributed by atoms with Crippen molar-refractivity contribution in [1.82, 2.24) is 19.8 Å². The zero-order chi connectivity index (χ0) is 23.3. The molecule has 2 aromatic carbocycles. The third-order valence-corrected chi connectivity index (χ3v) is 5.78. The minimum absolute atomic E-state index is 0.181. The number of piperazine rings is 1. The molecule has 0 atom stereocenters. The second kappa shape index (κ2) is 10.4. The summed E-state index contributed by atoms with van der Waals surface area (Å²) < 4.78 is 44.5. The predicted molar refractivity (Wildman–Crippen MR) is 123 cm³/mol. The summed E-state index contributed by atoms with van der Waals surface area (Å²) >= 11 is 0. The van der Waals surface area contributed by atoms with E-state index in [0.717, 1.165) is 62.3 Å². The van der Waals surface area contributed by atoms with Crippen molar-refractivity contribution in [2.45, 2.75) is 12.6 Å². The maximum atomic E-state index is 12.9. The smallest absolute Gasteiger partial charge is 0.416 e. The lowest BCUT2D eigenvalue weighted by atomic mass is 10.1. The molecular formula is C24H28F3N5O. The summed E-state index contributed by atoms with van der Waals surface area (Å²) in [5, 5.41) is 4.31. The molecule has 1 aliphatic heterocycles. The van der Waals surface area contributed by atoms with Gasteiger partial charge in [-0.25, -0.2) is 0 Å². The van der Waals surface area contributed by atoms with Gasteiger partial charge in [-0.15, -0.1) is 0 Å². The van der Waals surface area contributed by atoms with E-state index >= 15 is 0 Å². The van der Waals surface area contributed by atoms with Crippen molar-refractivity contribution in [3.8, 4) is 6.01 Å². The van der Waals surface area contributed by atoms with E-state index in [1.54, 1.807) is 6.07 Å². The second-order valence-corrected chi connectivity index (χ2v) is 8.24. The third-order valence-electron chi connectivity index (χ3n) is 5.78. The van der Waals surface area contributed by atoms with Gasteiger partial charge in [0.1, 0.15) is 5.82 Å². The van der Waals surface area contributed by atoms with Crippen LogP contribution in [0.15, 0.2) is 48.5 Å². The summed E-state index contributed by atoms with van der Waals surface area (Å²) in [7, 11) is 2.14. The molecule has 0 aliphatic carbocycles. The Labute approximate surface area is 191 Å². The van der Waals surface area contributed by atoms with Gasteiger partial charge in [0.2, 0.25) is 0 Å². The highest BCUT2D eigenvalue weighted by atomic mass is 19.4. The SMILES string of the molecule is CN1CCN(CCNc2nc(OCCc3cccc(C(F)(F)F)c3)nc3ccccc23)CC1. The van der Waals surface area contributed by atoms with Crippen molar-refractivity contribution in [2.24, 2.45) is 0 Å².